The molecule has 0 spiro atoms. The zero-order chi connectivity index (χ0) is 10.7. The number of benzene rings is 1. The summed E-state index contributed by atoms with van der Waals surface area (Å²) in [6.45, 7) is 4.60. The third-order valence-electron chi connectivity index (χ3n) is 2.47. The molecule has 0 saturated carbocycles. The second-order valence-corrected chi connectivity index (χ2v) is 3.58. The Bertz CT molecular complexity index is 337. The van der Waals surface area contributed by atoms with Crippen LogP contribution in [0.4, 0.5) is 0 Å². The van der Waals surface area contributed by atoms with Crippen LogP contribution in [0.25, 0.3) is 0 Å². The predicted molar refractivity (Wildman–Crippen MR) is 57.2 cm³/mol. The van der Waals surface area contributed by atoms with Gasteiger partial charge in [0.2, 0.25) is 5.91 Å². The molecule has 0 aliphatic carbocycles. The molecule has 1 aliphatic rings. The van der Waals surface area contributed by atoms with Gasteiger partial charge < -0.3 is 9.64 Å². The summed E-state index contributed by atoms with van der Waals surface area (Å²) in [5.41, 5.74) is 0. The van der Waals surface area contributed by atoms with Crippen LogP contribution in [-0.4, -0.2) is 23.6 Å². The SMILES string of the molecule is [CH2]C(Oc1ccccc1)N1CCCC1=O. The van der Waals surface area contributed by atoms with Crippen molar-refractivity contribution in [3.05, 3.63) is 37.3 Å². The molecule has 3 nitrogen and oxygen atoms in total. The highest BCUT2D eigenvalue weighted by Gasteiger charge is 2.25. The predicted octanol–water partition coefficient (Wildman–Crippen LogP) is 1.85. The lowest BCUT2D eigenvalue weighted by atomic mass is 10.3. The molecule has 1 unspecified atom stereocenters. The molecule has 0 N–H and O–H groups in total. The van der Waals surface area contributed by atoms with E-state index in [-0.39, 0.29) is 5.91 Å². The second-order valence-electron chi connectivity index (χ2n) is 3.58. The fraction of sp³-hybridized carbons (Fsp3) is 0.333. The molecule has 79 valence electrons. The van der Waals surface area contributed by atoms with Crippen LogP contribution in [-0.2, 0) is 4.79 Å². The van der Waals surface area contributed by atoms with E-state index in [9.17, 15) is 4.79 Å². The van der Waals surface area contributed by atoms with Gasteiger partial charge in [-0.15, -0.1) is 0 Å². The number of para-hydroxylation sites is 1. The van der Waals surface area contributed by atoms with E-state index in [1.165, 1.54) is 0 Å². The summed E-state index contributed by atoms with van der Waals surface area (Å²) >= 11 is 0. The van der Waals surface area contributed by atoms with Gasteiger partial charge in [-0.25, -0.2) is 0 Å². The molecule has 1 saturated heterocycles. The van der Waals surface area contributed by atoms with Crippen molar-refractivity contribution in [2.45, 2.75) is 19.1 Å². The van der Waals surface area contributed by atoms with Gasteiger partial charge in [-0.1, -0.05) is 18.2 Å². The zero-order valence-electron chi connectivity index (χ0n) is 8.56. The first-order valence-electron chi connectivity index (χ1n) is 5.11. The van der Waals surface area contributed by atoms with Gasteiger partial charge in [0, 0.05) is 19.9 Å². The molecule has 3 heteroatoms. The van der Waals surface area contributed by atoms with Gasteiger partial charge in [0.05, 0.1) is 0 Å². The monoisotopic (exact) mass is 204 g/mol. The van der Waals surface area contributed by atoms with E-state index in [0.29, 0.717) is 6.42 Å². The standard InChI is InChI=1S/C12H14NO2/c1-10(13-9-5-8-12(13)14)15-11-6-3-2-4-7-11/h2-4,6-7,10H,1,5,8-9H2. The minimum absolute atomic E-state index is 0.130. The molecule has 1 fully saturated rings. The quantitative estimate of drug-likeness (QED) is 0.752. The van der Waals surface area contributed by atoms with Crippen molar-refractivity contribution in [1.29, 1.82) is 0 Å². The lowest BCUT2D eigenvalue weighted by Crippen LogP contribution is -2.38. The maximum atomic E-state index is 11.4. The van der Waals surface area contributed by atoms with E-state index in [1.54, 1.807) is 4.90 Å². The summed E-state index contributed by atoms with van der Waals surface area (Å²) in [4.78, 5) is 13.1. The second kappa shape index (κ2) is 4.34. The van der Waals surface area contributed by atoms with E-state index < -0.39 is 6.23 Å². The molecule has 2 rings (SSSR count). The fourth-order valence-electron chi connectivity index (χ4n) is 1.69. The van der Waals surface area contributed by atoms with Crippen molar-refractivity contribution >= 4 is 5.91 Å². The smallest absolute Gasteiger partial charge is 0.225 e. The van der Waals surface area contributed by atoms with Gasteiger partial charge in [0.1, 0.15) is 5.75 Å². The Morgan fingerprint density at radius 3 is 2.67 bits per heavy atom. The molecular weight excluding hydrogens is 190 g/mol. The summed E-state index contributed by atoms with van der Waals surface area (Å²) in [5.74, 6) is 0.878. The van der Waals surface area contributed by atoms with E-state index in [1.807, 2.05) is 30.3 Å². The first-order chi connectivity index (χ1) is 7.27. The van der Waals surface area contributed by atoms with E-state index >= 15 is 0 Å². The Labute approximate surface area is 89.7 Å². The van der Waals surface area contributed by atoms with E-state index in [2.05, 4.69) is 6.92 Å². The summed E-state index contributed by atoms with van der Waals surface area (Å²) in [6, 6.07) is 9.44. The maximum Gasteiger partial charge on any atom is 0.225 e. The topological polar surface area (TPSA) is 29.5 Å². The van der Waals surface area contributed by atoms with Crippen LogP contribution in [0.5, 0.6) is 5.75 Å². The van der Waals surface area contributed by atoms with Crippen molar-refractivity contribution in [3.8, 4) is 5.75 Å². The lowest BCUT2D eigenvalue weighted by Gasteiger charge is -2.24. The van der Waals surface area contributed by atoms with Gasteiger partial charge in [0.25, 0.3) is 0 Å². The number of hydrogen-bond donors (Lipinski definition) is 0. The normalized spacial score (nSPS) is 17.9. The van der Waals surface area contributed by atoms with Crippen molar-refractivity contribution in [2.24, 2.45) is 0 Å². The van der Waals surface area contributed by atoms with Crippen LogP contribution in [0, 0.1) is 6.92 Å². The number of carbonyl (C=O) groups excluding carboxylic acids is 1. The number of likely N-dealkylation sites (tertiary alicyclic amines) is 1. The average molecular weight is 204 g/mol. The van der Waals surface area contributed by atoms with Crippen molar-refractivity contribution in [3.63, 3.8) is 0 Å². The molecule has 1 aromatic rings. The van der Waals surface area contributed by atoms with Crippen molar-refractivity contribution < 1.29 is 9.53 Å². The Morgan fingerprint density at radius 2 is 2.07 bits per heavy atom. The van der Waals surface area contributed by atoms with Gasteiger partial charge in [-0.3, -0.25) is 4.79 Å². The summed E-state index contributed by atoms with van der Waals surface area (Å²) < 4.78 is 5.56. The third kappa shape index (κ3) is 2.29. The largest absolute Gasteiger partial charge is 0.470 e. The molecule has 0 bridgehead atoms. The van der Waals surface area contributed by atoms with Crippen LogP contribution in [0.1, 0.15) is 12.8 Å². The number of amides is 1. The molecular formula is C12H14NO2. The molecule has 1 heterocycles. The molecule has 1 radical (unpaired) electrons. The fourth-order valence-corrected chi connectivity index (χ4v) is 1.69. The number of nitrogens with zero attached hydrogens (tertiary/aromatic N) is 1. The van der Waals surface area contributed by atoms with Gasteiger partial charge in [0.15, 0.2) is 6.23 Å². The van der Waals surface area contributed by atoms with Crippen LogP contribution in [0.3, 0.4) is 0 Å². The molecule has 15 heavy (non-hydrogen) atoms. The summed E-state index contributed by atoms with van der Waals surface area (Å²) in [7, 11) is 0. The van der Waals surface area contributed by atoms with Crippen molar-refractivity contribution in [1.82, 2.24) is 4.90 Å². The highest BCUT2D eigenvalue weighted by atomic mass is 16.5. The zero-order valence-corrected chi connectivity index (χ0v) is 8.56. The van der Waals surface area contributed by atoms with Crippen LogP contribution >= 0.6 is 0 Å². The number of carbonyl (C=O) groups is 1. The number of hydrogen-bond acceptors (Lipinski definition) is 2. The molecule has 1 aliphatic heterocycles. The van der Waals surface area contributed by atoms with Gasteiger partial charge in [-0.2, -0.15) is 0 Å². The summed E-state index contributed by atoms with van der Waals surface area (Å²) in [6.07, 6.45) is 1.11. The lowest BCUT2D eigenvalue weighted by molar-refractivity contribution is -0.132. The van der Waals surface area contributed by atoms with Crippen LogP contribution in [0.15, 0.2) is 30.3 Å². The highest BCUT2D eigenvalue weighted by Crippen LogP contribution is 2.17. The Morgan fingerprint density at radius 1 is 1.33 bits per heavy atom. The van der Waals surface area contributed by atoms with E-state index in [0.717, 1.165) is 18.7 Å². The first-order valence-corrected chi connectivity index (χ1v) is 5.11. The Kier molecular flexibility index (Phi) is 2.90. The van der Waals surface area contributed by atoms with E-state index in [4.69, 9.17) is 4.74 Å². The van der Waals surface area contributed by atoms with Crippen LogP contribution < -0.4 is 4.74 Å². The first kappa shape index (κ1) is 10.0. The average Bonchev–Trinajstić information content (AvgIpc) is 2.66. The molecule has 1 aromatic carbocycles. The minimum atomic E-state index is -0.414. The Balaban J connectivity index is 1.97. The molecule has 1 amide bonds. The van der Waals surface area contributed by atoms with Gasteiger partial charge >= 0.3 is 0 Å². The molecule has 1 atom stereocenters. The number of ether oxygens (including phenoxy) is 1. The van der Waals surface area contributed by atoms with Gasteiger partial charge in [-0.05, 0) is 18.6 Å². The van der Waals surface area contributed by atoms with Crippen molar-refractivity contribution in [2.75, 3.05) is 6.54 Å². The highest BCUT2D eigenvalue weighted by molar-refractivity contribution is 5.78. The third-order valence-corrected chi connectivity index (χ3v) is 2.47. The summed E-state index contributed by atoms with van der Waals surface area (Å²) in [5, 5.41) is 0. The Hall–Kier alpha value is -1.51. The minimum Gasteiger partial charge on any atom is -0.470 e. The number of rotatable bonds is 3. The maximum absolute atomic E-state index is 11.4. The molecule has 0 aromatic heterocycles. The van der Waals surface area contributed by atoms with Crippen LogP contribution in [0.2, 0.25) is 0 Å².